The molecule has 1 heterocycles. The maximum absolute atomic E-state index is 12.9. The monoisotopic (exact) mass is 393 g/mol. The van der Waals surface area contributed by atoms with Gasteiger partial charge in [-0.1, -0.05) is 35.9 Å². The summed E-state index contributed by atoms with van der Waals surface area (Å²) in [6.07, 6.45) is 2.07. The molecular formula is C23H27N3O3. The van der Waals surface area contributed by atoms with Crippen molar-refractivity contribution in [2.45, 2.75) is 31.7 Å². The number of benzene rings is 2. The van der Waals surface area contributed by atoms with Crippen molar-refractivity contribution in [2.75, 3.05) is 25.5 Å². The van der Waals surface area contributed by atoms with Gasteiger partial charge in [-0.05, 0) is 43.5 Å². The van der Waals surface area contributed by atoms with Crippen molar-refractivity contribution in [3.8, 4) is 5.75 Å². The van der Waals surface area contributed by atoms with Crippen LogP contribution < -0.4 is 15.4 Å². The standard InChI is InChI=1S/C23H27N3O3/c1-15-7-9-17(10-8-15)25-23(28)26-13-19(18-5-3-4-6-21(18)29-2)20(14-26)22(27)24-16-11-12-16/h3-10,16,19-20H,11-14H2,1-2H3,(H,24,27)(H,25,28). The molecule has 0 spiro atoms. The fraction of sp³-hybridized carbons (Fsp3) is 0.391. The third-order valence-electron chi connectivity index (χ3n) is 5.71. The summed E-state index contributed by atoms with van der Waals surface area (Å²) >= 11 is 0. The Balaban J connectivity index is 1.54. The molecule has 0 bridgehead atoms. The first kappa shape index (κ1) is 19.3. The summed E-state index contributed by atoms with van der Waals surface area (Å²) in [6, 6.07) is 15.6. The summed E-state index contributed by atoms with van der Waals surface area (Å²) in [6.45, 7) is 2.87. The van der Waals surface area contributed by atoms with Crippen LogP contribution in [0.25, 0.3) is 0 Å². The van der Waals surface area contributed by atoms with Gasteiger partial charge in [-0.2, -0.15) is 0 Å². The van der Waals surface area contributed by atoms with Crippen LogP contribution in [0.4, 0.5) is 10.5 Å². The summed E-state index contributed by atoms with van der Waals surface area (Å²) in [5.74, 6) is 0.376. The number of hydrogen-bond acceptors (Lipinski definition) is 3. The lowest BCUT2D eigenvalue weighted by atomic mass is 9.87. The Morgan fingerprint density at radius 3 is 2.45 bits per heavy atom. The van der Waals surface area contributed by atoms with E-state index in [-0.39, 0.29) is 29.8 Å². The minimum Gasteiger partial charge on any atom is -0.496 e. The lowest BCUT2D eigenvalue weighted by Gasteiger charge is -2.20. The molecule has 2 aromatic rings. The Bertz CT molecular complexity index is 892. The fourth-order valence-corrected chi connectivity index (χ4v) is 3.90. The van der Waals surface area contributed by atoms with Crippen LogP contribution in [0.2, 0.25) is 0 Å². The van der Waals surface area contributed by atoms with Crippen molar-refractivity contribution < 1.29 is 14.3 Å². The van der Waals surface area contributed by atoms with Crippen LogP contribution in [0, 0.1) is 12.8 Å². The summed E-state index contributed by atoms with van der Waals surface area (Å²) in [5, 5.41) is 6.06. The van der Waals surface area contributed by atoms with E-state index in [1.165, 1.54) is 0 Å². The van der Waals surface area contributed by atoms with Crippen LogP contribution in [0.15, 0.2) is 48.5 Å². The first-order valence-corrected chi connectivity index (χ1v) is 10.1. The number of nitrogens with one attached hydrogen (secondary N) is 2. The lowest BCUT2D eigenvalue weighted by molar-refractivity contribution is -0.125. The Kier molecular flexibility index (Phi) is 5.43. The maximum Gasteiger partial charge on any atom is 0.321 e. The predicted octanol–water partition coefficient (Wildman–Crippen LogP) is 3.53. The van der Waals surface area contributed by atoms with E-state index in [4.69, 9.17) is 4.74 Å². The molecule has 2 fully saturated rings. The molecule has 2 aromatic carbocycles. The summed E-state index contributed by atoms with van der Waals surface area (Å²) in [5.41, 5.74) is 2.86. The molecule has 1 aliphatic heterocycles. The van der Waals surface area contributed by atoms with Gasteiger partial charge in [0.2, 0.25) is 5.91 Å². The van der Waals surface area contributed by atoms with Crippen molar-refractivity contribution in [3.05, 3.63) is 59.7 Å². The second kappa shape index (κ2) is 8.15. The van der Waals surface area contributed by atoms with E-state index < -0.39 is 0 Å². The molecule has 1 aliphatic carbocycles. The van der Waals surface area contributed by atoms with Gasteiger partial charge in [-0.3, -0.25) is 4.79 Å². The summed E-state index contributed by atoms with van der Waals surface area (Å²) in [4.78, 5) is 27.5. The molecule has 6 heteroatoms. The Morgan fingerprint density at radius 1 is 1.03 bits per heavy atom. The molecule has 1 saturated carbocycles. The minimum absolute atomic E-state index is 0.0223. The quantitative estimate of drug-likeness (QED) is 0.816. The van der Waals surface area contributed by atoms with E-state index in [0.717, 1.165) is 35.4 Å². The minimum atomic E-state index is -0.296. The number of amides is 3. The number of carbonyl (C=O) groups is 2. The van der Waals surface area contributed by atoms with E-state index in [1.807, 2.05) is 55.5 Å². The van der Waals surface area contributed by atoms with Crippen LogP contribution in [0.3, 0.4) is 0 Å². The molecule has 0 radical (unpaired) electrons. The average molecular weight is 393 g/mol. The molecule has 2 atom stereocenters. The molecule has 2 N–H and O–H groups in total. The number of carbonyl (C=O) groups excluding carboxylic acids is 2. The number of likely N-dealkylation sites (tertiary alicyclic amines) is 1. The molecular weight excluding hydrogens is 366 g/mol. The topological polar surface area (TPSA) is 70.7 Å². The highest BCUT2D eigenvalue weighted by Crippen LogP contribution is 2.38. The lowest BCUT2D eigenvalue weighted by Crippen LogP contribution is -2.37. The van der Waals surface area contributed by atoms with Crippen LogP contribution in [0.5, 0.6) is 5.75 Å². The van der Waals surface area contributed by atoms with Gasteiger partial charge in [0.15, 0.2) is 0 Å². The number of anilines is 1. The molecule has 3 amide bonds. The molecule has 1 saturated heterocycles. The Labute approximate surface area is 171 Å². The normalized spacial score (nSPS) is 21.0. The van der Waals surface area contributed by atoms with Crippen LogP contribution in [0.1, 0.15) is 29.9 Å². The average Bonchev–Trinajstić information content (AvgIpc) is 3.43. The van der Waals surface area contributed by atoms with Gasteiger partial charge in [0, 0.05) is 30.7 Å². The smallest absolute Gasteiger partial charge is 0.321 e. The number of aryl methyl sites for hydroxylation is 1. The van der Waals surface area contributed by atoms with Crippen LogP contribution in [-0.4, -0.2) is 43.1 Å². The number of rotatable bonds is 5. The van der Waals surface area contributed by atoms with Gasteiger partial charge in [0.05, 0.1) is 13.0 Å². The maximum atomic E-state index is 12.9. The number of methoxy groups -OCH3 is 1. The molecule has 4 rings (SSSR count). The van der Waals surface area contributed by atoms with Crippen LogP contribution >= 0.6 is 0 Å². The van der Waals surface area contributed by atoms with Crippen LogP contribution in [-0.2, 0) is 4.79 Å². The van der Waals surface area contributed by atoms with Crippen molar-refractivity contribution in [3.63, 3.8) is 0 Å². The Hall–Kier alpha value is -3.02. The van der Waals surface area contributed by atoms with Crippen molar-refractivity contribution in [2.24, 2.45) is 5.92 Å². The molecule has 2 unspecified atom stereocenters. The molecule has 29 heavy (non-hydrogen) atoms. The first-order chi connectivity index (χ1) is 14.0. The molecule has 2 aliphatic rings. The predicted molar refractivity (Wildman–Crippen MR) is 112 cm³/mol. The zero-order chi connectivity index (χ0) is 20.4. The van der Waals surface area contributed by atoms with E-state index in [1.54, 1.807) is 12.0 Å². The van der Waals surface area contributed by atoms with Gasteiger partial charge < -0.3 is 20.3 Å². The number of para-hydroxylation sites is 1. The molecule has 0 aromatic heterocycles. The highest BCUT2D eigenvalue weighted by atomic mass is 16.5. The second-order valence-electron chi connectivity index (χ2n) is 7.94. The zero-order valence-electron chi connectivity index (χ0n) is 16.9. The number of hydrogen-bond donors (Lipinski definition) is 2. The van der Waals surface area contributed by atoms with E-state index in [9.17, 15) is 9.59 Å². The van der Waals surface area contributed by atoms with Crippen molar-refractivity contribution in [1.29, 1.82) is 0 Å². The third kappa shape index (κ3) is 4.36. The summed E-state index contributed by atoms with van der Waals surface area (Å²) < 4.78 is 5.53. The van der Waals surface area contributed by atoms with Gasteiger partial charge in [0.1, 0.15) is 5.75 Å². The number of nitrogens with zero attached hydrogens (tertiary/aromatic N) is 1. The van der Waals surface area contributed by atoms with E-state index in [0.29, 0.717) is 13.1 Å². The second-order valence-corrected chi connectivity index (χ2v) is 7.94. The van der Waals surface area contributed by atoms with Gasteiger partial charge in [-0.25, -0.2) is 4.79 Å². The number of ether oxygens (including phenoxy) is 1. The highest BCUT2D eigenvalue weighted by Gasteiger charge is 2.42. The number of urea groups is 1. The van der Waals surface area contributed by atoms with Crippen molar-refractivity contribution in [1.82, 2.24) is 10.2 Å². The third-order valence-corrected chi connectivity index (χ3v) is 5.71. The Morgan fingerprint density at radius 2 is 1.76 bits per heavy atom. The molecule has 152 valence electrons. The van der Waals surface area contributed by atoms with Gasteiger partial charge in [0.25, 0.3) is 0 Å². The van der Waals surface area contributed by atoms with Crippen molar-refractivity contribution >= 4 is 17.6 Å². The SMILES string of the molecule is COc1ccccc1C1CN(C(=O)Nc2ccc(C)cc2)CC1C(=O)NC1CC1. The highest BCUT2D eigenvalue weighted by molar-refractivity contribution is 5.91. The van der Waals surface area contributed by atoms with Gasteiger partial charge in [-0.15, -0.1) is 0 Å². The fourth-order valence-electron chi connectivity index (χ4n) is 3.90. The van der Waals surface area contributed by atoms with E-state index >= 15 is 0 Å². The molecule has 6 nitrogen and oxygen atoms in total. The zero-order valence-corrected chi connectivity index (χ0v) is 16.9. The first-order valence-electron chi connectivity index (χ1n) is 10.1. The summed E-state index contributed by atoms with van der Waals surface area (Å²) in [7, 11) is 1.63. The van der Waals surface area contributed by atoms with E-state index in [2.05, 4.69) is 10.6 Å². The van der Waals surface area contributed by atoms with Gasteiger partial charge >= 0.3 is 6.03 Å². The largest absolute Gasteiger partial charge is 0.496 e.